The van der Waals surface area contributed by atoms with Crippen molar-refractivity contribution < 1.29 is 4.74 Å². The molecule has 2 rings (SSSR count). The largest absolute Gasteiger partial charge is 0.367 e. The molecule has 0 amide bonds. The molecule has 0 N–H and O–H groups in total. The van der Waals surface area contributed by atoms with Crippen LogP contribution in [0.5, 0.6) is 0 Å². The summed E-state index contributed by atoms with van der Waals surface area (Å²) >= 11 is 0. The van der Waals surface area contributed by atoms with Gasteiger partial charge in [-0.05, 0) is 26.0 Å². The second-order valence-corrected chi connectivity index (χ2v) is 2.82. The number of epoxide rings is 1. The first kappa shape index (κ1) is 5.42. The van der Waals surface area contributed by atoms with Crippen molar-refractivity contribution in [1.82, 2.24) is 0 Å². The second kappa shape index (κ2) is 1.81. The summed E-state index contributed by atoms with van der Waals surface area (Å²) in [6, 6.07) is 0.420. The fourth-order valence-corrected chi connectivity index (χ4v) is 1.61. The Morgan fingerprint density at radius 3 is 3.00 bits per heavy atom. The van der Waals surface area contributed by atoms with Gasteiger partial charge in [-0.3, -0.25) is 4.99 Å². The van der Waals surface area contributed by atoms with Crippen molar-refractivity contribution in [2.45, 2.75) is 37.5 Å². The zero-order valence-corrected chi connectivity index (χ0v) is 5.42. The van der Waals surface area contributed by atoms with Gasteiger partial charge < -0.3 is 4.74 Å². The summed E-state index contributed by atoms with van der Waals surface area (Å²) in [6.45, 7) is 3.53. The molecule has 2 heteroatoms. The van der Waals surface area contributed by atoms with Gasteiger partial charge >= 0.3 is 0 Å². The highest BCUT2D eigenvalue weighted by Gasteiger charge is 2.46. The molecule has 0 aromatic rings. The third-order valence-corrected chi connectivity index (χ3v) is 2.22. The Kier molecular flexibility index (Phi) is 1.09. The Balaban J connectivity index is 2.00. The molecule has 1 saturated carbocycles. The predicted octanol–water partition coefficient (Wildman–Crippen LogP) is 1.01. The van der Waals surface area contributed by atoms with E-state index in [1.807, 2.05) is 0 Å². The van der Waals surface area contributed by atoms with Crippen LogP contribution in [0, 0.1) is 0 Å². The van der Waals surface area contributed by atoms with E-state index in [1.54, 1.807) is 0 Å². The molecular weight excluding hydrogens is 114 g/mol. The summed E-state index contributed by atoms with van der Waals surface area (Å²) in [7, 11) is 0. The third kappa shape index (κ3) is 0.778. The molecule has 1 saturated heterocycles. The molecule has 0 aromatic heterocycles. The van der Waals surface area contributed by atoms with E-state index in [-0.39, 0.29) is 0 Å². The topological polar surface area (TPSA) is 24.9 Å². The van der Waals surface area contributed by atoms with Crippen LogP contribution >= 0.6 is 0 Å². The van der Waals surface area contributed by atoms with Crippen LogP contribution in [0.2, 0.25) is 0 Å². The molecule has 2 aliphatic rings. The van der Waals surface area contributed by atoms with E-state index in [0.717, 1.165) is 0 Å². The SMILES string of the molecule is C=NC1CCCC2OC12. The number of nitrogens with zero attached hydrogens (tertiary/aromatic N) is 1. The Bertz CT molecular complexity index is 135. The first-order valence-electron chi connectivity index (χ1n) is 3.53. The van der Waals surface area contributed by atoms with Gasteiger partial charge in [0, 0.05) is 0 Å². The second-order valence-electron chi connectivity index (χ2n) is 2.82. The van der Waals surface area contributed by atoms with Gasteiger partial charge in [0.15, 0.2) is 0 Å². The van der Waals surface area contributed by atoms with E-state index in [1.165, 1.54) is 19.3 Å². The molecule has 3 unspecified atom stereocenters. The maximum absolute atomic E-state index is 5.35. The molecular formula is C7H11NO. The van der Waals surface area contributed by atoms with E-state index < -0.39 is 0 Å². The zero-order valence-electron chi connectivity index (χ0n) is 5.42. The quantitative estimate of drug-likeness (QED) is 0.379. The molecule has 50 valence electrons. The highest BCUT2D eigenvalue weighted by molar-refractivity contribution is 5.25. The van der Waals surface area contributed by atoms with Crippen LogP contribution < -0.4 is 0 Å². The Morgan fingerprint density at radius 2 is 2.33 bits per heavy atom. The van der Waals surface area contributed by atoms with E-state index >= 15 is 0 Å². The maximum Gasteiger partial charge on any atom is 0.106 e. The third-order valence-electron chi connectivity index (χ3n) is 2.22. The van der Waals surface area contributed by atoms with Crippen molar-refractivity contribution in [1.29, 1.82) is 0 Å². The zero-order chi connectivity index (χ0) is 6.27. The van der Waals surface area contributed by atoms with Crippen LogP contribution in [0.3, 0.4) is 0 Å². The average Bonchev–Trinajstić information content (AvgIpc) is 2.64. The average molecular weight is 125 g/mol. The van der Waals surface area contributed by atoms with Crippen molar-refractivity contribution in [2.24, 2.45) is 4.99 Å². The van der Waals surface area contributed by atoms with Crippen LogP contribution in [-0.4, -0.2) is 25.0 Å². The lowest BCUT2D eigenvalue weighted by atomic mass is 9.96. The smallest absolute Gasteiger partial charge is 0.106 e. The number of aliphatic imine (C=N–C) groups is 1. The minimum atomic E-state index is 0.420. The van der Waals surface area contributed by atoms with Crippen LogP contribution in [-0.2, 0) is 4.74 Å². The van der Waals surface area contributed by atoms with Crippen LogP contribution in [0.4, 0.5) is 0 Å². The van der Waals surface area contributed by atoms with Crippen LogP contribution in [0.15, 0.2) is 4.99 Å². The highest BCUT2D eigenvalue weighted by Crippen LogP contribution is 2.37. The normalized spacial score (nSPS) is 47.8. The highest BCUT2D eigenvalue weighted by atomic mass is 16.6. The van der Waals surface area contributed by atoms with Crippen molar-refractivity contribution in [3.8, 4) is 0 Å². The molecule has 0 spiro atoms. The number of ether oxygens (including phenoxy) is 1. The van der Waals surface area contributed by atoms with Gasteiger partial charge in [0.25, 0.3) is 0 Å². The predicted molar refractivity (Wildman–Crippen MR) is 35.8 cm³/mol. The van der Waals surface area contributed by atoms with Gasteiger partial charge in [0.1, 0.15) is 6.10 Å². The summed E-state index contributed by atoms with van der Waals surface area (Å²) in [5.74, 6) is 0. The van der Waals surface area contributed by atoms with Gasteiger partial charge in [0.2, 0.25) is 0 Å². The Hall–Kier alpha value is -0.370. The molecule has 0 bridgehead atoms. The summed E-state index contributed by atoms with van der Waals surface area (Å²) in [5.41, 5.74) is 0. The van der Waals surface area contributed by atoms with Gasteiger partial charge in [0.05, 0.1) is 12.1 Å². The number of rotatable bonds is 1. The standard InChI is InChI=1S/C7H11NO/c1-8-5-3-2-4-6-7(5)9-6/h5-7H,1-4H2. The van der Waals surface area contributed by atoms with E-state index in [2.05, 4.69) is 11.7 Å². The summed E-state index contributed by atoms with van der Waals surface area (Å²) in [5, 5.41) is 0. The first-order chi connectivity index (χ1) is 4.42. The Morgan fingerprint density at radius 1 is 1.44 bits per heavy atom. The minimum Gasteiger partial charge on any atom is -0.367 e. The first-order valence-corrected chi connectivity index (χ1v) is 3.53. The molecule has 0 aromatic carbocycles. The monoisotopic (exact) mass is 125 g/mol. The van der Waals surface area contributed by atoms with Crippen molar-refractivity contribution in [3.63, 3.8) is 0 Å². The van der Waals surface area contributed by atoms with E-state index in [0.29, 0.717) is 18.2 Å². The number of hydrogen-bond donors (Lipinski definition) is 0. The van der Waals surface area contributed by atoms with Gasteiger partial charge in [-0.2, -0.15) is 0 Å². The van der Waals surface area contributed by atoms with Crippen molar-refractivity contribution in [2.75, 3.05) is 0 Å². The summed E-state index contributed by atoms with van der Waals surface area (Å²) in [4.78, 5) is 4.00. The lowest BCUT2D eigenvalue weighted by Crippen LogP contribution is -2.19. The van der Waals surface area contributed by atoms with Crippen LogP contribution in [0.1, 0.15) is 19.3 Å². The maximum atomic E-state index is 5.35. The van der Waals surface area contributed by atoms with Crippen molar-refractivity contribution in [3.05, 3.63) is 0 Å². The van der Waals surface area contributed by atoms with Crippen molar-refractivity contribution >= 4 is 6.72 Å². The molecule has 3 atom stereocenters. The molecule has 1 aliphatic carbocycles. The van der Waals surface area contributed by atoms with Gasteiger partial charge in [-0.15, -0.1) is 0 Å². The fraction of sp³-hybridized carbons (Fsp3) is 0.857. The molecule has 9 heavy (non-hydrogen) atoms. The van der Waals surface area contributed by atoms with E-state index in [9.17, 15) is 0 Å². The lowest BCUT2D eigenvalue weighted by molar-refractivity contribution is 0.360. The fourth-order valence-electron chi connectivity index (χ4n) is 1.61. The summed E-state index contributed by atoms with van der Waals surface area (Å²) < 4.78 is 5.35. The van der Waals surface area contributed by atoms with Gasteiger partial charge in [-0.25, -0.2) is 0 Å². The van der Waals surface area contributed by atoms with Gasteiger partial charge in [-0.1, -0.05) is 0 Å². The molecule has 2 fully saturated rings. The van der Waals surface area contributed by atoms with Crippen LogP contribution in [0.25, 0.3) is 0 Å². The summed E-state index contributed by atoms with van der Waals surface area (Å²) in [6.07, 6.45) is 4.71. The molecule has 0 radical (unpaired) electrons. The lowest BCUT2D eigenvalue weighted by Gasteiger charge is -2.11. The molecule has 1 aliphatic heterocycles. The molecule has 2 nitrogen and oxygen atoms in total. The number of hydrogen-bond acceptors (Lipinski definition) is 2. The molecule has 1 heterocycles. The van der Waals surface area contributed by atoms with E-state index in [4.69, 9.17) is 4.74 Å². The Labute approximate surface area is 54.9 Å². The number of fused-ring (bicyclic) bond motifs is 1. The minimum absolute atomic E-state index is 0.420.